The molecule has 0 aliphatic carbocycles. The third kappa shape index (κ3) is 11.4. The average Bonchev–Trinajstić information content (AvgIpc) is 2.75. The molecule has 0 saturated heterocycles. The third-order valence-corrected chi connectivity index (χ3v) is 4.53. The third-order valence-electron chi connectivity index (χ3n) is 4.53. The molecule has 4 nitrogen and oxygen atoms in total. The lowest BCUT2D eigenvalue weighted by atomic mass is 10.0. The Kier molecular flexibility index (Phi) is 13.4. The normalized spacial score (nSPS) is 13.2. The SMILES string of the molecule is C=CCCCCC[C@H](O)[C@@H](O)CC#CC#C[C@H](CC)OCc1ccc(OC)cc1. The Morgan fingerprint density at radius 2 is 1.83 bits per heavy atom. The highest BCUT2D eigenvalue weighted by molar-refractivity contribution is 5.28. The van der Waals surface area contributed by atoms with Crippen LogP contribution in [0.1, 0.15) is 57.4 Å². The summed E-state index contributed by atoms with van der Waals surface area (Å²) in [6.45, 7) is 6.17. The van der Waals surface area contributed by atoms with Crippen LogP contribution < -0.4 is 4.74 Å². The van der Waals surface area contributed by atoms with E-state index in [2.05, 4.69) is 30.3 Å². The lowest BCUT2D eigenvalue weighted by molar-refractivity contribution is 0.0165. The number of ether oxygens (including phenoxy) is 2. The van der Waals surface area contributed by atoms with Crippen molar-refractivity contribution in [2.24, 2.45) is 0 Å². The molecule has 0 aliphatic heterocycles. The van der Waals surface area contributed by atoms with Crippen LogP contribution in [0.3, 0.4) is 0 Å². The van der Waals surface area contributed by atoms with E-state index >= 15 is 0 Å². The van der Waals surface area contributed by atoms with Crippen molar-refractivity contribution < 1.29 is 19.7 Å². The molecule has 1 rings (SSSR count). The molecule has 0 aliphatic rings. The van der Waals surface area contributed by atoms with Crippen molar-refractivity contribution in [3.8, 4) is 29.4 Å². The summed E-state index contributed by atoms with van der Waals surface area (Å²) in [5.74, 6) is 12.2. The van der Waals surface area contributed by atoms with Gasteiger partial charge < -0.3 is 19.7 Å². The van der Waals surface area contributed by atoms with E-state index in [0.717, 1.165) is 43.4 Å². The minimum Gasteiger partial charge on any atom is -0.497 e. The van der Waals surface area contributed by atoms with Crippen LogP contribution >= 0.6 is 0 Å². The van der Waals surface area contributed by atoms with Gasteiger partial charge in [0.2, 0.25) is 0 Å². The van der Waals surface area contributed by atoms with Gasteiger partial charge in [0.25, 0.3) is 0 Å². The summed E-state index contributed by atoms with van der Waals surface area (Å²) in [6, 6.07) is 7.73. The Labute approximate surface area is 175 Å². The minimum atomic E-state index is -0.836. The van der Waals surface area contributed by atoms with Crippen LogP contribution in [0.2, 0.25) is 0 Å². The van der Waals surface area contributed by atoms with Gasteiger partial charge in [-0.2, -0.15) is 0 Å². The molecule has 1 aromatic carbocycles. The number of allylic oxidation sites excluding steroid dienone is 1. The van der Waals surface area contributed by atoms with E-state index in [0.29, 0.717) is 13.0 Å². The lowest BCUT2D eigenvalue weighted by Crippen LogP contribution is -2.25. The fraction of sp³-hybridized carbons (Fsp3) is 0.520. The van der Waals surface area contributed by atoms with Crippen LogP contribution in [0.4, 0.5) is 0 Å². The van der Waals surface area contributed by atoms with Crippen molar-refractivity contribution in [2.75, 3.05) is 7.11 Å². The molecule has 0 fully saturated rings. The van der Waals surface area contributed by atoms with Crippen molar-refractivity contribution in [2.45, 2.75) is 76.8 Å². The van der Waals surface area contributed by atoms with Gasteiger partial charge in [0.05, 0.1) is 25.9 Å². The summed E-state index contributed by atoms with van der Waals surface area (Å²) in [4.78, 5) is 0. The summed E-state index contributed by atoms with van der Waals surface area (Å²) >= 11 is 0. The fourth-order valence-electron chi connectivity index (χ4n) is 2.64. The Balaban J connectivity index is 2.33. The second kappa shape index (κ2) is 15.7. The van der Waals surface area contributed by atoms with E-state index in [1.165, 1.54) is 0 Å². The highest BCUT2D eigenvalue weighted by Gasteiger charge is 2.14. The fourth-order valence-corrected chi connectivity index (χ4v) is 2.64. The monoisotopic (exact) mass is 398 g/mol. The van der Waals surface area contributed by atoms with Crippen LogP contribution in [0, 0.1) is 23.7 Å². The summed E-state index contributed by atoms with van der Waals surface area (Å²) in [6.07, 6.45) is 5.67. The van der Waals surface area contributed by atoms with Gasteiger partial charge in [-0.25, -0.2) is 0 Å². The van der Waals surface area contributed by atoms with E-state index in [1.807, 2.05) is 37.3 Å². The van der Waals surface area contributed by atoms with Gasteiger partial charge in [0.15, 0.2) is 0 Å². The van der Waals surface area contributed by atoms with E-state index in [1.54, 1.807) is 7.11 Å². The van der Waals surface area contributed by atoms with E-state index in [9.17, 15) is 10.2 Å². The maximum absolute atomic E-state index is 9.97. The summed E-state index contributed by atoms with van der Waals surface area (Å²) in [7, 11) is 1.64. The van der Waals surface area contributed by atoms with Crippen molar-refractivity contribution in [3.05, 3.63) is 42.5 Å². The number of benzene rings is 1. The first-order valence-electron chi connectivity index (χ1n) is 10.3. The molecule has 0 heterocycles. The second-order valence-corrected chi connectivity index (χ2v) is 6.89. The van der Waals surface area contributed by atoms with Crippen LogP contribution in [-0.4, -0.2) is 35.6 Å². The van der Waals surface area contributed by atoms with Crippen molar-refractivity contribution >= 4 is 0 Å². The van der Waals surface area contributed by atoms with E-state index in [4.69, 9.17) is 9.47 Å². The predicted octanol–water partition coefficient (Wildman–Crippen LogP) is 4.25. The smallest absolute Gasteiger partial charge is 0.119 e. The zero-order chi connectivity index (χ0) is 21.3. The topological polar surface area (TPSA) is 58.9 Å². The van der Waals surface area contributed by atoms with Gasteiger partial charge in [0, 0.05) is 6.42 Å². The van der Waals surface area contributed by atoms with Gasteiger partial charge in [-0.1, -0.05) is 49.8 Å². The van der Waals surface area contributed by atoms with Gasteiger partial charge in [-0.15, -0.1) is 6.58 Å². The summed E-state index contributed by atoms with van der Waals surface area (Å²) < 4.78 is 11.0. The van der Waals surface area contributed by atoms with Crippen LogP contribution in [0.25, 0.3) is 0 Å². The number of methoxy groups -OCH3 is 1. The molecule has 1 aromatic rings. The number of aliphatic hydroxyl groups is 2. The molecule has 0 bridgehead atoms. The first-order valence-corrected chi connectivity index (χ1v) is 10.3. The Hall–Kier alpha value is -2.24. The molecule has 3 atom stereocenters. The van der Waals surface area contributed by atoms with Crippen molar-refractivity contribution in [1.29, 1.82) is 0 Å². The number of hydrogen-bond acceptors (Lipinski definition) is 4. The standard InChI is InChI=1S/C25H34O4/c1-4-6-7-8-11-14-24(26)25(27)15-12-9-10-13-22(5-2)29-20-21-16-18-23(28-3)19-17-21/h4,16-19,22,24-27H,1,5-8,11,14-15,20H2,2-3H3/t22-,24-,25-/m0/s1. The summed E-state index contributed by atoms with van der Waals surface area (Å²) in [5.41, 5.74) is 1.05. The molecule has 29 heavy (non-hydrogen) atoms. The lowest BCUT2D eigenvalue weighted by Gasteiger charge is -2.15. The first kappa shape index (κ1) is 24.8. The summed E-state index contributed by atoms with van der Waals surface area (Å²) in [5, 5.41) is 19.9. The van der Waals surface area contributed by atoms with Gasteiger partial charge >= 0.3 is 0 Å². The van der Waals surface area contributed by atoms with Crippen LogP contribution in [-0.2, 0) is 11.3 Å². The van der Waals surface area contributed by atoms with E-state index < -0.39 is 12.2 Å². The van der Waals surface area contributed by atoms with Crippen LogP contribution in [0.15, 0.2) is 36.9 Å². The highest BCUT2D eigenvalue weighted by Crippen LogP contribution is 2.13. The minimum absolute atomic E-state index is 0.197. The molecule has 2 N–H and O–H groups in total. The highest BCUT2D eigenvalue weighted by atomic mass is 16.5. The molecular formula is C25H34O4. The molecule has 0 saturated carbocycles. The van der Waals surface area contributed by atoms with Gasteiger partial charge in [-0.3, -0.25) is 0 Å². The molecule has 0 spiro atoms. The molecule has 0 radical (unpaired) electrons. The Morgan fingerprint density at radius 1 is 1.07 bits per heavy atom. The van der Waals surface area contributed by atoms with Crippen molar-refractivity contribution in [1.82, 2.24) is 0 Å². The molecular weight excluding hydrogens is 364 g/mol. The van der Waals surface area contributed by atoms with Crippen molar-refractivity contribution in [3.63, 3.8) is 0 Å². The van der Waals surface area contributed by atoms with Crippen LogP contribution in [0.5, 0.6) is 5.75 Å². The zero-order valence-electron chi connectivity index (χ0n) is 17.7. The Bertz CT molecular complexity index is 688. The number of unbranched alkanes of at least 4 members (excludes halogenated alkanes) is 3. The maximum Gasteiger partial charge on any atom is 0.119 e. The first-order chi connectivity index (χ1) is 14.1. The molecule has 0 unspecified atom stereocenters. The number of aliphatic hydroxyl groups excluding tert-OH is 2. The zero-order valence-corrected chi connectivity index (χ0v) is 17.7. The second-order valence-electron chi connectivity index (χ2n) is 6.89. The molecule has 0 aromatic heterocycles. The van der Waals surface area contributed by atoms with Gasteiger partial charge in [-0.05, 0) is 55.2 Å². The molecule has 158 valence electrons. The van der Waals surface area contributed by atoms with Gasteiger partial charge in [0.1, 0.15) is 11.9 Å². The maximum atomic E-state index is 9.97. The quantitative estimate of drug-likeness (QED) is 0.296. The number of hydrogen-bond donors (Lipinski definition) is 2. The largest absolute Gasteiger partial charge is 0.497 e. The predicted molar refractivity (Wildman–Crippen MR) is 117 cm³/mol. The number of rotatable bonds is 13. The average molecular weight is 399 g/mol. The van der Waals surface area contributed by atoms with E-state index in [-0.39, 0.29) is 12.5 Å². The molecule has 4 heteroatoms. The Morgan fingerprint density at radius 3 is 2.48 bits per heavy atom. The molecule has 0 amide bonds.